The molecule has 0 saturated heterocycles. The first-order chi connectivity index (χ1) is 10.5. The molecule has 0 aliphatic carbocycles. The molecule has 2 aromatic carbocycles. The van der Waals surface area contributed by atoms with Crippen molar-refractivity contribution in [3.8, 4) is 0 Å². The summed E-state index contributed by atoms with van der Waals surface area (Å²) in [5.41, 5.74) is 1.28. The Kier molecular flexibility index (Phi) is 5.17. The van der Waals surface area contributed by atoms with Crippen LogP contribution in [0.4, 0.5) is 0 Å². The van der Waals surface area contributed by atoms with Gasteiger partial charge in [-0.1, -0.05) is 41.9 Å². The lowest BCUT2D eigenvalue weighted by Crippen LogP contribution is -2.42. The Balaban J connectivity index is 2.29. The molecular weight excluding hydrogens is 302 g/mol. The first kappa shape index (κ1) is 16.0. The van der Waals surface area contributed by atoms with Gasteiger partial charge in [-0.3, -0.25) is 4.79 Å². The second kappa shape index (κ2) is 7.09. The maximum atomic E-state index is 12.6. The van der Waals surface area contributed by atoms with E-state index < -0.39 is 12.0 Å². The lowest BCUT2D eigenvalue weighted by Gasteiger charge is -2.26. The molecule has 2 rings (SSSR count). The Morgan fingerprint density at radius 1 is 1.09 bits per heavy atom. The van der Waals surface area contributed by atoms with Crippen molar-refractivity contribution in [3.63, 3.8) is 0 Å². The van der Waals surface area contributed by atoms with Gasteiger partial charge in [0.2, 0.25) is 0 Å². The monoisotopic (exact) mass is 317 g/mol. The van der Waals surface area contributed by atoms with E-state index in [1.165, 1.54) is 11.8 Å². The Morgan fingerprint density at radius 3 is 2.23 bits per heavy atom. The van der Waals surface area contributed by atoms with Crippen molar-refractivity contribution >= 4 is 23.5 Å². The van der Waals surface area contributed by atoms with Crippen molar-refractivity contribution in [2.45, 2.75) is 19.5 Å². The molecule has 0 bridgehead atoms. The number of hydrogen-bond donors (Lipinski definition) is 1. The zero-order valence-electron chi connectivity index (χ0n) is 12.1. The topological polar surface area (TPSA) is 57.6 Å². The van der Waals surface area contributed by atoms with Crippen molar-refractivity contribution in [2.24, 2.45) is 0 Å². The molecule has 1 amide bonds. The number of amides is 1. The summed E-state index contributed by atoms with van der Waals surface area (Å²) in [6, 6.07) is 14.8. The summed E-state index contributed by atoms with van der Waals surface area (Å²) in [7, 11) is 0. The van der Waals surface area contributed by atoms with Gasteiger partial charge in [0.25, 0.3) is 5.91 Å². The lowest BCUT2D eigenvalue weighted by molar-refractivity contribution is -0.141. The Hall–Kier alpha value is -2.33. The van der Waals surface area contributed by atoms with E-state index in [1.54, 1.807) is 24.3 Å². The number of rotatable bonds is 5. The number of carbonyl (C=O) groups excluding carboxylic acids is 1. The summed E-state index contributed by atoms with van der Waals surface area (Å²) < 4.78 is 0. The first-order valence-electron chi connectivity index (χ1n) is 6.82. The minimum absolute atomic E-state index is 0.232. The highest BCUT2D eigenvalue weighted by Crippen LogP contribution is 2.16. The Labute approximate surface area is 133 Å². The van der Waals surface area contributed by atoms with Gasteiger partial charge in [-0.15, -0.1) is 0 Å². The second-order valence-electron chi connectivity index (χ2n) is 4.94. The van der Waals surface area contributed by atoms with Crippen molar-refractivity contribution in [3.05, 3.63) is 70.7 Å². The van der Waals surface area contributed by atoms with Crippen molar-refractivity contribution < 1.29 is 14.7 Å². The molecule has 2 aromatic rings. The molecule has 22 heavy (non-hydrogen) atoms. The standard InChI is InChI=1S/C17H16ClNO3/c1-12(17(21)22)19(11-13-5-3-2-4-6-13)16(20)14-7-9-15(18)10-8-14/h2-10,12H,11H2,1H3,(H,21,22). The average molecular weight is 318 g/mol. The van der Waals surface area contributed by atoms with Crippen LogP contribution >= 0.6 is 11.6 Å². The number of halogens is 1. The number of carboxylic acid groups (broad SMARTS) is 1. The summed E-state index contributed by atoms with van der Waals surface area (Å²) in [4.78, 5) is 25.3. The van der Waals surface area contributed by atoms with Crippen LogP contribution in [0.2, 0.25) is 5.02 Å². The minimum atomic E-state index is -1.04. The van der Waals surface area contributed by atoms with Crippen LogP contribution in [-0.2, 0) is 11.3 Å². The molecule has 0 aliphatic rings. The molecule has 0 heterocycles. The van der Waals surface area contributed by atoms with Gasteiger partial charge in [0.05, 0.1) is 0 Å². The fraction of sp³-hybridized carbons (Fsp3) is 0.176. The van der Waals surface area contributed by atoms with Crippen molar-refractivity contribution in [2.75, 3.05) is 0 Å². The van der Waals surface area contributed by atoms with E-state index >= 15 is 0 Å². The average Bonchev–Trinajstić information content (AvgIpc) is 2.53. The van der Waals surface area contributed by atoms with E-state index in [4.69, 9.17) is 11.6 Å². The fourth-order valence-corrected chi connectivity index (χ4v) is 2.18. The zero-order valence-corrected chi connectivity index (χ0v) is 12.8. The van der Waals surface area contributed by atoms with Crippen LogP contribution < -0.4 is 0 Å². The summed E-state index contributed by atoms with van der Waals surface area (Å²) in [6.07, 6.45) is 0. The predicted molar refractivity (Wildman–Crippen MR) is 84.9 cm³/mol. The van der Waals surface area contributed by atoms with Crippen LogP contribution in [0.3, 0.4) is 0 Å². The third-order valence-corrected chi connectivity index (χ3v) is 3.62. The minimum Gasteiger partial charge on any atom is -0.480 e. The molecule has 1 unspecified atom stereocenters. The van der Waals surface area contributed by atoms with Gasteiger partial charge in [0.1, 0.15) is 6.04 Å². The molecule has 4 nitrogen and oxygen atoms in total. The van der Waals surface area contributed by atoms with Crippen LogP contribution in [0.5, 0.6) is 0 Å². The first-order valence-corrected chi connectivity index (χ1v) is 7.20. The van der Waals surface area contributed by atoms with Gasteiger partial charge < -0.3 is 10.0 Å². The Morgan fingerprint density at radius 2 is 1.68 bits per heavy atom. The third-order valence-electron chi connectivity index (χ3n) is 3.37. The number of carboxylic acids is 1. The van der Waals surface area contributed by atoms with E-state index in [9.17, 15) is 14.7 Å². The quantitative estimate of drug-likeness (QED) is 0.918. The number of hydrogen-bond acceptors (Lipinski definition) is 2. The summed E-state index contributed by atoms with van der Waals surface area (Å²) >= 11 is 5.82. The van der Waals surface area contributed by atoms with E-state index in [0.29, 0.717) is 10.6 Å². The molecule has 0 saturated carbocycles. The van der Waals surface area contributed by atoms with E-state index in [2.05, 4.69) is 0 Å². The molecule has 1 atom stereocenters. The van der Waals surface area contributed by atoms with Crippen molar-refractivity contribution in [1.29, 1.82) is 0 Å². The van der Waals surface area contributed by atoms with Crippen LogP contribution in [0, 0.1) is 0 Å². The van der Waals surface area contributed by atoms with Gasteiger partial charge >= 0.3 is 5.97 Å². The zero-order chi connectivity index (χ0) is 16.1. The smallest absolute Gasteiger partial charge is 0.326 e. The fourth-order valence-electron chi connectivity index (χ4n) is 2.06. The van der Waals surface area contributed by atoms with Crippen molar-refractivity contribution in [1.82, 2.24) is 4.90 Å². The lowest BCUT2D eigenvalue weighted by atomic mass is 10.1. The Bertz CT molecular complexity index is 655. The van der Waals surface area contributed by atoms with Gasteiger partial charge in [-0.25, -0.2) is 4.79 Å². The highest BCUT2D eigenvalue weighted by molar-refractivity contribution is 6.30. The van der Waals surface area contributed by atoms with E-state index in [1.807, 2.05) is 30.3 Å². The second-order valence-corrected chi connectivity index (χ2v) is 5.38. The van der Waals surface area contributed by atoms with Crippen LogP contribution in [0.15, 0.2) is 54.6 Å². The highest BCUT2D eigenvalue weighted by atomic mass is 35.5. The molecule has 0 spiro atoms. The van der Waals surface area contributed by atoms with Gasteiger partial charge in [-0.05, 0) is 36.8 Å². The molecule has 1 N–H and O–H groups in total. The van der Waals surface area contributed by atoms with E-state index in [-0.39, 0.29) is 12.5 Å². The molecule has 5 heteroatoms. The summed E-state index contributed by atoms with van der Waals surface area (Å²) in [5, 5.41) is 9.78. The molecule has 0 fully saturated rings. The van der Waals surface area contributed by atoms with Crippen LogP contribution in [0.1, 0.15) is 22.8 Å². The van der Waals surface area contributed by atoms with Gasteiger partial charge in [0.15, 0.2) is 0 Å². The molecule has 0 radical (unpaired) electrons. The van der Waals surface area contributed by atoms with Crippen LogP contribution in [-0.4, -0.2) is 27.9 Å². The highest BCUT2D eigenvalue weighted by Gasteiger charge is 2.26. The molecule has 114 valence electrons. The number of benzene rings is 2. The van der Waals surface area contributed by atoms with Gasteiger partial charge in [0, 0.05) is 17.1 Å². The number of nitrogens with zero attached hydrogens (tertiary/aromatic N) is 1. The molecular formula is C17H16ClNO3. The maximum Gasteiger partial charge on any atom is 0.326 e. The summed E-state index contributed by atoms with van der Waals surface area (Å²) in [6.45, 7) is 1.73. The molecule has 0 aromatic heterocycles. The number of aliphatic carboxylic acids is 1. The number of carbonyl (C=O) groups is 2. The summed E-state index contributed by atoms with van der Waals surface area (Å²) in [5.74, 6) is -1.38. The third kappa shape index (κ3) is 3.86. The largest absolute Gasteiger partial charge is 0.480 e. The SMILES string of the molecule is CC(C(=O)O)N(Cc1ccccc1)C(=O)c1ccc(Cl)cc1. The normalized spacial score (nSPS) is 11.7. The van der Waals surface area contributed by atoms with E-state index in [0.717, 1.165) is 5.56 Å². The maximum absolute atomic E-state index is 12.6. The predicted octanol–water partition coefficient (Wildman–Crippen LogP) is 3.46. The molecule has 0 aliphatic heterocycles. The van der Waals surface area contributed by atoms with Crippen LogP contribution in [0.25, 0.3) is 0 Å². The van der Waals surface area contributed by atoms with Gasteiger partial charge in [-0.2, -0.15) is 0 Å².